The second-order valence-electron chi connectivity index (χ2n) is 11.4. The minimum atomic E-state index is -1.15. The number of ether oxygens (including phenoxy) is 1. The molecule has 12 heteroatoms. The van der Waals surface area contributed by atoms with E-state index in [9.17, 15) is 14.4 Å². The maximum absolute atomic E-state index is 13.1. The van der Waals surface area contributed by atoms with Crippen molar-refractivity contribution in [3.63, 3.8) is 0 Å². The molecule has 45 heavy (non-hydrogen) atoms. The van der Waals surface area contributed by atoms with Crippen molar-refractivity contribution in [1.29, 1.82) is 0 Å². The lowest BCUT2D eigenvalue weighted by Gasteiger charge is -2.27. The summed E-state index contributed by atoms with van der Waals surface area (Å²) in [5, 5.41) is 4.21. The Labute approximate surface area is 275 Å². The highest BCUT2D eigenvalue weighted by atomic mass is 35.5. The smallest absolute Gasteiger partial charge is 0.261 e. The molecule has 242 valence electrons. The Morgan fingerprint density at radius 2 is 1.73 bits per heavy atom. The van der Waals surface area contributed by atoms with Crippen molar-refractivity contribution in [3.05, 3.63) is 82.7 Å². The first-order chi connectivity index (χ1) is 20.6. The molecule has 3 aromatic heterocycles. The third-order valence-electron chi connectivity index (χ3n) is 8.06. The number of furan rings is 1. The molecular weight excluding hydrogens is 617 g/mol. The minimum Gasteiger partial charge on any atom is -0.493 e. The van der Waals surface area contributed by atoms with Gasteiger partial charge < -0.3 is 28.8 Å². The summed E-state index contributed by atoms with van der Waals surface area (Å²) in [7, 11) is 1.70. The zero-order valence-electron chi connectivity index (χ0n) is 26.2. The normalized spacial score (nSPS) is 14.8. The van der Waals surface area contributed by atoms with Crippen molar-refractivity contribution >= 4 is 59.0 Å². The second kappa shape index (κ2) is 14.9. The quantitative estimate of drug-likeness (QED) is 0.163. The molecule has 5 rings (SSSR count). The van der Waals surface area contributed by atoms with Gasteiger partial charge in [0, 0.05) is 50.8 Å². The largest absolute Gasteiger partial charge is 0.493 e. The van der Waals surface area contributed by atoms with E-state index in [0.29, 0.717) is 60.8 Å². The molecule has 0 radical (unpaired) electrons. The molecule has 2 amide bonds. The van der Waals surface area contributed by atoms with Gasteiger partial charge in [0.1, 0.15) is 22.5 Å². The van der Waals surface area contributed by atoms with Gasteiger partial charge in [0.05, 0.1) is 23.4 Å². The first-order valence-corrected chi connectivity index (χ1v) is 14.7. The fraction of sp³-hybridized carbons (Fsp3) is 0.394. The standard InChI is InChI=1S/C33H39N5O5.2ClH/c1-6-38-27-9-8-24(21-28(27)36(5)31(40)33(3,4)32(38)41)42-19-7-14-35-26(23-10-15-34-16-11-23)12-17-37-18-13-29-25(30(37)39)20-22(2)43-29;;/h8-11,13,15-16,18,20-21,26,35H,6-7,12,14,17,19H2,1-5H3;2*1H. The van der Waals surface area contributed by atoms with Crippen LogP contribution in [-0.2, 0) is 16.1 Å². The molecule has 0 fully saturated rings. The molecule has 4 aromatic rings. The monoisotopic (exact) mass is 657 g/mol. The van der Waals surface area contributed by atoms with Crippen molar-refractivity contribution in [2.24, 2.45) is 5.41 Å². The van der Waals surface area contributed by atoms with Crippen LogP contribution in [0.3, 0.4) is 0 Å². The van der Waals surface area contributed by atoms with E-state index in [-0.39, 0.29) is 48.2 Å². The number of hydrogen-bond donors (Lipinski definition) is 1. The number of nitrogens with one attached hydrogen (secondary N) is 1. The molecule has 1 unspecified atom stereocenters. The lowest BCUT2D eigenvalue weighted by molar-refractivity contribution is -0.137. The van der Waals surface area contributed by atoms with E-state index in [1.807, 2.05) is 50.2 Å². The molecule has 0 bridgehead atoms. The van der Waals surface area contributed by atoms with E-state index in [2.05, 4.69) is 10.3 Å². The van der Waals surface area contributed by atoms with Gasteiger partial charge in [-0.3, -0.25) is 19.4 Å². The van der Waals surface area contributed by atoms with E-state index in [1.165, 1.54) is 0 Å². The Morgan fingerprint density at radius 3 is 2.44 bits per heavy atom. The van der Waals surface area contributed by atoms with Gasteiger partial charge in [0.2, 0.25) is 11.8 Å². The lowest BCUT2D eigenvalue weighted by Crippen LogP contribution is -2.47. The van der Waals surface area contributed by atoms with Crippen LogP contribution in [0.5, 0.6) is 5.75 Å². The van der Waals surface area contributed by atoms with Crippen LogP contribution < -0.4 is 25.4 Å². The third-order valence-corrected chi connectivity index (χ3v) is 8.06. The number of aromatic nitrogens is 2. The summed E-state index contributed by atoms with van der Waals surface area (Å²) < 4.78 is 13.4. The summed E-state index contributed by atoms with van der Waals surface area (Å²) in [6.07, 6.45) is 6.77. The maximum atomic E-state index is 13.1. The number of benzene rings is 1. The number of carbonyl (C=O) groups is 2. The van der Waals surface area contributed by atoms with Gasteiger partial charge in [0.25, 0.3) is 5.56 Å². The maximum Gasteiger partial charge on any atom is 0.261 e. The number of aryl methyl sites for hydroxylation is 2. The number of hydrogen-bond acceptors (Lipinski definition) is 7. The zero-order chi connectivity index (χ0) is 30.7. The highest BCUT2D eigenvalue weighted by Gasteiger charge is 2.45. The van der Waals surface area contributed by atoms with Crippen molar-refractivity contribution in [3.8, 4) is 5.75 Å². The molecule has 0 aliphatic carbocycles. The van der Waals surface area contributed by atoms with Crippen molar-refractivity contribution in [2.45, 2.75) is 53.1 Å². The summed E-state index contributed by atoms with van der Waals surface area (Å²) in [5.41, 5.74) is 1.85. The van der Waals surface area contributed by atoms with E-state index in [1.54, 1.807) is 59.9 Å². The molecule has 1 aliphatic heterocycles. The molecule has 0 saturated heterocycles. The number of nitrogens with zero attached hydrogens (tertiary/aromatic N) is 4. The first-order valence-electron chi connectivity index (χ1n) is 14.7. The van der Waals surface area contributed by atoms with Crippen LogP contribution in [-0.4, -0.2) is 48.1 Å². The van der Waals surface area contributed by atoms with E-state index in [0.717, 1.165) is 17.7 Å². The molecule has 1 atom stereocenters. The van der Waals surface area contributed by atoms with Crippen LogP contribution in [0.15, 0.2) is 70.3 Å². The summed E-state index contributed by atoms with van der Waals surface area (Å²) in [4.78, 5) is 46.6. The molecule has 4 heterocycles. The van der Waals surface area contributed by atoms with Gasteiger partial charge in [-0.05, 0) is 89.0 Å². The Balaban J connectivity index is 0.00000276. The predicted octanol–water partition coefficient (Wildman–Crippen LogP) is 5.69. The van der Waals surface area contributed by atoms with Gasteiger partial charge in [-0.2, -0.15) is 0 Å². The van der Waals surface area contributed by atoms with Crippen LogP contribution in [0.25, 0.3) is 11.0 Å². The number of fused-ring (bicyclic) bond motifs is 2. The highest BCUT2D eigenvalue weighted by Crippen LogP contribution is 2.40. The van der Waals surface area contributed by atoms with E-state index < -0.39 is 5.41 Å². The Kier molecular flexibility index (Phi) is 11.8. The zero-order valence-corrected chi connectivity index (χ0v) is 27.9. The van der Waals surface area contributed by atoms with E-state index in [4.69, 9.17) is 9.15 Å². The number of amides is 2. The summed E-state index contributed by atoms with van der Waals surface area (Å²) in [6.45, 7) is 9.25. The highest BCUT2D eigenvalue weighted by molar-refractivity contribution is 6.20. The molecular formula is C33H41Cl2N5O5. The molecule has 0 spiro atoms. The van der Waals surface area contributed by atoms with Crippen LogP contribution in [0, 0.1) is 12.3 Å². The van der Waals surface area contributed by atoms with Crippen LogP contribution in [0.1, 0.15) is 51.0 Å². The number of anilines is 2. The fourth-order valence-corrected chi connectivity index (χ4v) is 5.64. The van der Waals surface area contributed by atoms with Crippen molar-refractivity contribution < 1.29 is 18.7 Å². The molecule has 1 aromatic carbocycles. The summed E-state index contributed by atoms with van der Waals surface area (Å²) in [5.74, 6) is 0.893. The number of pyridine rings is 2. The van der Waals surface area contributed by atoms with Gasteiger partial charge in [-0.25, -0.2) is 0 Å². The fourth-order valence-electron chi connectivity index (χ4n) is 5.64. The summed E-state index contributed by atoms with van der Waals surface area (Å²) in [6, 6.07) is 13.1. The lowest BCUT2D eigenvalue weighted by atomic mass is 9.90. The second-order valence-corrected chi connectivity index (χ2v) is 11.4. The number of halogens is 2. The molecule has 1 aliphatic rings. The van der Waals surface area contributed by atoms with Crippen LogP contribution in [0.2, 0.25) is 0 Å². The first kappa shape index (κ1) is 35.6. The Morgan fingerprint density at radius 1 is 1.00 bits per heavy atom. The van der Waals surface area contributed by atoms with Gasteiger partial charge >= 0.3 is 0 Å². The average molecular weight is 659 g/mol. The topological polar surface area (TPSA) is 110 Å². The number of rotatable bonds is 11. The minimum absolute atomic E-state index is 0. The van der Waals surface area contributed by atoms with Gasteiger partial charge in [-0.15, -0.1) is 24.8 Å². The summed E-state index contributed by atoms with van der Waals surface area (Å²) >= 11 is 0. The van der Waals surface area contributed by atoms with Gasteiger partial charge in [-0.1, -0.05) is 0 Å². The predicted molar refractivity (Wildman–Crippen MR) is 181 cm³/mol. The SMILES string of the molecule is CCN1C(=O)C(C)(C)C(=O)N(C)c2cc(OCCCNC(CCn3ccc4oc(C)cc4c3=O)c3ccncc3)ccc21.Cl.Cl. The Bertz CT molecular complexity index is 1690. The van der Waals surface area contributed by atoms with Crippen LogP contribution in [0.4, 0.5) is 11.4 Å². The van der Waals surface area contributed by atoms with Crippen LogP contribution >= 0.6 is 24.8 Å². The Hall–Kier alpha value is -3.86. The van der Waals surface area contributed by atoms with Gasteiger partial charge in [0.15, 0.2) is 0 Å². The third kappa shape index (κ3) is 7.35. The molecule has 1 N–H and O–H groups in total. The average Bonchev–Trinajstić information content (AvgIpc) is 3.39. The molecule has 0 saturated carbocycles. The van der Waals surface area contributed by atoms with E-state index >= 15 is 0 Å². The van der Waals surface area contributed by atoms with Crippen molar-refractivity contribution in [2.75, 3.05) is 36.5 Å². The molecule has 10 nitrogen and oxygen atoms in total. The number of carbonyl (C=O) groups excluding carboxylic acids is 2. The van der Waals surface area contributed by atoms with Crippen molar-refractivity contribution in [1.82, 2.24) is 14.9 Å².